The first-order chi connectivity index (χ1) is 8.74. The number of hydrogen-bond acceptors (Lipinski definition) is 4. The van der Waals surface area contributed by atoms with Gasteiger partial charge in [0.25, 0.3) is 0 Å². The summed E-state index contributed by atoms with van der Waals surface area (Å²) in [6, 6.07) is 5.76. The molecule has 1 aromatic heterocycles. The summed E-state index contributed by atoms with van der Waals surface area (Å²) in [5.41, 5.74) is 0. The number of pyridine rings is 1. The second kappa shape index (κ2) is 6.32. The Kier molecular flexibility index (Phi) is 4.49. The predicted octanol–water partition coefficient (Wildman–Crippen LogP) is 1.26. The quantitative estimate of drug-likeness (QED) is 0.468. The minimum Gasteiger partial charge on any atom is -0.353 e. The highest BCUT2D eigenvalue weighted by molar-refractivity contribution is 5.90. The number of nitrogens with one attached hydrogen (secondary N) is 3. The van der Waals surface area contributed by atoms with Crippen molar-refractivity contribution in [2.45, 2.75) is 25.3 Å². The summed E-state index contributed by atoms with van der Waals surface area (Å²) < 4.78 is 0. The van der Waals surface area contributed by atoms with Gasteiger partial charge in [0.1, 0.15) is 5.82 Å². The highest BCUT2D eigenvalue weighted by Gasteiger charge is 2.16. The highest BCUT2D eigenvalue weighted by Crippen LogP contribution is 2.09. The zero-order chi connectivity index (χ0) is 12.8. The molecule has 1 atom stereocenters. The third-order valence-electron chi connectivity index (χ3n) is 2.97. The van der Waals surface area contributed by atoms with Gasteiger partial charge in [-0.15, -0.1) is 0 Å². The van der Waals surface area contributed by atoms with E-state index in [1.54, 1.807) is 6.20 Å². The van der Waals surface area contributed by atoms with Crippen LogP contribution in [0.3, 0.4) is 0 Å². The van der Waals surface area contributed by atoms with Crippen LogP contribution in [-0.4, -0.2) is 40.3 Å². The molecule has 0 saturated carbocycles. The van der Waals surface area contributed by atoms with Gasteiger partial charge in [-0.1, -0.05) is 6.07 Å². The summed E-state index contributed by atoms with van der Waals surface area (Å²) in [4.78, 5) is 4.10. The molecule has 1 unspecified atom stereocenters. The van der Waals surface area contributed by atoms with Crippen molar-refractivity contribution in [1.29, 1.82) is 5.41 Å². The summed E-state index contributed by atoms with van der Waals surface area (Å²) in [5, 5.41) is 24.6. The van der Waals surface area contributed by atoms with E-state index < -0.39 is 0 Å². The number of guanidine groups is 1. The number of nitrogens with zero attached hydrogens (tertiary/aromatic N) is 2. The van der Waals surface area contributed by atoms with Gasteiger partial charge in [0.05, 0.1) is 0 Å². The Balaban J connectivity index is 1.80. The molecule has 0 aliphatic carbocycles. The van der Waals surface area contributed by atoms with Gasteiger partial charge in [-0.25, -0.2) is 4.98 Å². The molecule has 98 valence electrons. The molecule has 1 aromatic rings. The topological polar surface area (TPSA) is 84.3 Å². The molecule has 0 bridgehead atoms. The average Bonchev–Trinajstić information content (AvgIpc) is 2.56. The predicted molar refractivity (Wildman–Crippen MR) is 69.7 cm³/mol. The maximum absolute atomic E-state index is 9.40. The van der Waals surface area contributed by atoms with Crippen molar-refractivity contribution in [3.63, 3.8) is 0 Å². The Hall–Kier alpha value is -1.66. The highest BCUT2D eigenvalue weighted by atomic mass is 16.5. The average molecular weight is 249 g/mol. The SMILES string of the molecule is N=C(Nc1ccccn1)NC1CCCN(O)CC1. The summed E-state index contributed by atoms with van der Waals surface area (Å²) in [5.74, 6) is 0.914. The molecule has 1 aliphatic heterocycles. The monoisotopic (exact) mass is 249 g/mol. The fourth-order valence-electron chi connectivity index (χ4n) is 2.03. The van der Waals surface area contributed by atoms with Crippen LogP contribution in [0.25, 0.3) is 0 Å². The van der Waals surface area contributed by atoms with E-state index >= 15 is 0 Å². The molecule has 4 N–H and O–H groups in total. The van der Waals surface area contributed by atoms with Crippen LogP contribution >= 0.6 is 0 Å². The number of hydrogen-bond donors (Lipinski definition) is 4. The Morgan fingerprint density at radius 2 is 2.28 bits per heavy atom. The van der Waals surface area contributed by atoms with E-state index in [1.807, 2.05) is 18.2 Å². The molecule has 0 spiro atoms. The van der Waals surface area contributed by atoms with E-state index in [9.17, 15) is 5.21 Å². The van der Waals surface area contributed by atoms with E-state index in [4.69, 9.17) is 5.41 Å². The van der Waals surface area contributed by atoms with Crippen LogP contribution in [0.1, 0.15) is 19.3 Å². The smallest absolute Gasteiger partial charge is 0.194 e. The second-order valence-corrected chi connectivity index (χ2v) is 4.44. The first-order valence-electron chi connectivity index (χ1n) is 6.21. The standard InChI is InChI=1S/C12H19N5O/c13-12(16-11-5-1-2-7-14-11)15-10-4-3-8-17(18)9-6-10/h1-2,5,7,10,18H,3-4,6,8-9H2,(H3,13,14,15,16). The molecule has 1 saturated heterocycles. The van der Waals surface area contributed by atoms with Gasteiger partial charge in [0.15, 0.2) is 5.96 Å². The molecular weight excluding hydrogens is 230 g/mol. The van der Waals surface area contributed by atoms with Crippen molar-refractivity contribution in [2.75, 3.05) is 18.4 Å². The summed E-state index contributed by atoms with van der Waals surface area (Å²) >= 11 is 0. The fraction of sp³-hybridized carbons (Fsp3) is 0.500. The van der Waals surface area contributed by atoms with Crippen LogP contribution < -0.4 is 10.6 Å². The summed E-state index contributed by atoms with van der Waals surface area (Å²) in [7, 11) is 0. The molecule has 6 nitrogen and oxygen atoms in total. The van der Waals surface area contributed by atoms with Crippen molar-refractivity contribution >= 4 is 11.8 Å². The first kappa shape index (κ1) is 12.8. The van der Waals surface area contributed by atoms with Crippen LogP contribution in [0.2, 0.25) is 0 Å². The van der Waals surface area contributed by atoms with Gasteiger partial charge >= 0.3 is 0 Å². The molecule has 2 heterocycles. The summed E-state index contributed by atoms with van der Waals surface area (Å²) in [6.45, 7) is 1.35. The molecule has 0 amide bonds. The van der Waals surface area contributed by atoms with E-state index in [0.29, 0.717) is 18.9 Å². The lowest BCUT2D eigenvalue weighted by atomic mass is 10.1. The van der Waals surface area contributed by atoms with Gasteiger partial charge in [-0.2, -0.15) is 5.06 Å². The van der Waals surface area contributed by atoms with Crippen molar-refractivity contribution in [1.82, 2.24) is 15.4 Å². The number of aromatic nitrogens is 1. The molecular formula is C12H19N5O. The van der Waals surface area contributed by atoms with E-state index in [2.05, 4.69) is 15.6 Å². The third kappa shape index (κ3) is 3.97. The molecule has 0 aromatic carbocycles. The lowest BCUT2D eigenvalue weighted by molar-refractivity contribution is -0.0876. The van der Waals surface area contributed by atoms with Gasteiger partial charge in [0.2, 0.25) is 0 Å². The van der Waals surface area contributed by atoms with Crippen molar-refractivity contribution < 1.29 is 5.21 Å². The Morgan fingerprint density at radius 3 is 3.06 bits per heavy atom. The Morgan fingerprint density at radius 1 is 1.39 bits per heavy atom. The molecule has 1 fully saturated rings. The molecule has 2 rings (SSSR count). The Bertz CT molecular complexity index is 383. The van der Waals surface area contributed by atoms with Crippen LogP contribution in [-0.2, 0) is 0 Å². The largest absolute Gasteiger partial charge is 0.353 e. The van der Waals surface area contributed by atoms with Gasteiger partial charge in [-0.05, 0) is 31.4 Å². The normalized spacial score (nSPS) is 21.1. The maximum atomic E-state index is 9.40. The minimum absolute atomic E-state index is 0.228. The molecule has 1 aliphatic rings. The molecule has 0 radical (unpaired) electrons. The lowest BCUT2D eigenvalue weighted by Gasteiger charge is -2.18. The van der Waals surface area contributed by atoms with Crippen LogP contribution in [0.15, 0.2) is 24.4 Å². The van der Waals surface area contributed by atoms with Crippen molar-refractivity contribution in [2.24, 2.45) is 0 Å². The van der Waals surface area contributed by atoms with E-state index in [-0.39, 0.29) is 12.0 Å². The zero-order valence-corrected chi connectivity index (χ0v) is 10.3. The van der Waals surface area contributed by atoms with E-state index in [0.717, 1.165) is 19.3 Å². The number of anilines is 1. The zero-order valence-electron chi connectivity index (χ0n) is 10.3. The Labute approximate surface area is 106 Å². The number of hydroxylamine groups is 2. The van der Waals surface area contributed by atoms with Gasteiger partial charge < -0.3 is 15.8 Å². The molecule has 6 heteroatoms. The van der Waals surface area contributed by atoms with Crippen LogP contribution in [0.4, 0.5) is 5.82 Å². The minimum atomic E-state index is 0.228. The lowest BCUT2D eigenvalue weighted by Crippen LogP contribution is -2.39. The van der Waals surface area contributed by atoms with Crippen LogP contribution in [0.5, 0.6) is 0 Å². The van der Waals surface area contributed by atoms with Gasteiger partial charge in [0, 0.05) is 25.3 Å². The number of rotatable bonds is 2. The van der Waals surface area contributed by atoms with Crippen LogP contribution in [0, 0.1) is 5.41 Å². The maximum Gasteiger partial charge on any atom is 0.194 e. The summed E-state index contributed by atoms with van der Waals surface area (Å²) in [6.07, 6.45) is 4.42. The second-order valence-electron chi connectivity index (χ2n) is 4.44. The molecule has 18 heavy (non-hydrogen) atoms. The fourth-order valence-corrected chi connectivity index (χ4v) is 2.03. The van der Waals surface area contributed by atoms with Crippen molar-refractivity contribution in [3.05, 3.63) is 24.4 Å². The first-order valence-corrected chi connectivity index (χ1v) is 6.21. The third-order valence-corrected chi connectivity index (χ3v) is 2.97. The van der Waals surface area contributed by atoms with E-state index in [1.165, 1.54) is 5.06 Å². The van der Waals surface area contributed by atoms with Gasteiger partial charge in [-0.3, -0.25) is 5.41 Å². The van der Waals surface area contributed by atoms with Crippen molar-refractivity contribution in [3.8, 4) is 0 Å².